The highest BCUT2D eigenvalue weighted by molar-refractivity contribution is 5.88. The summed E-state index contributed by atoms with van der Waals surface area (Å²) < 4.78 is 0. The van der Waals surface area contributed by atoms with Crippen molar-refractivity contribution in [1.29, 1.82) is 0 Å². The largest absolute Gasteiger partial charge is 0.477 e. The Morgan fingerprint density at radius 1 is 1.21 bits per heavy atom. The Hall–Kier alpha value is -2.17. The summed E-state index contributed by atoms with van der Waals surface area (Å²) in [5.41, 5.74) is 5.77. The molecule has 0 saturated carbocycles. The first-order valence-corrected chi connectivity index (χ1v) is 3.93. The molecule has 2 aromatic rings. The second-order valence-corrected chi connectivity index (χ2v) is 2.78. The van der Waals surface area contributed by atoms with E-state index in [1.165, 1.54) is 6.07 Å². The lowest BCUT2D eigenvalue weighted by atomic mass is 10.2. The monoisotopic (exact) mass is 189 g/mol. The van der Waals surface area contributed by atoms with Crippen LogP contribution in [0.15, 0.2) is 24.3 Å². The quantitative estimate of drug-likeness (QED) is 0.695. The van der Waals surface area contributed by atoms with Crippen LogP contribution >= 0.6 is 0 Å². The molecule has 0 unspecified atom stereocenters. The minimum Gasteiger partial charge on any atom is -0.477 e. The Labute approximate surface area is 79.2 Å². The number of nitrogens with two attached hydrogens (primary N) is 1. The van der Waals surface area contributed by atoms with E-state index in [1.807, 2.05) is 0 Å². The number of fused-ring (bicyclic) bond motifs is 1. The summed E-state index contributed by atoms with van der Waals surface area (Å²) in [6.07, 6.45) is 0. The van der Waals surface area contributed by atoms with Crippen molar-refractivity contribution in [2.45, 2.75) is 0 Å². The van der Waals surface area contributed by atoms with Crippen LogP contribution in [-0.2, 0) is 0 Å². The maximum atomic E-state index is 10.6. The van der Waals surface area contributed by atoms with Gasteiger partial charge in [0.15, 0.2) is 11.3 Å². The van der Waals surface area contributed by atoms with Gasteiger partial charge in [-0.25, -0.2) is 14.8 Å². The summed E-state index contributed by atoms with van der Waals surface area (Å²) in [5, 5.41) is 9.46. The average Bonchev–Trinajstić information content (AvgIpc) is 2.16. The zero-order valence-electron chi connectivity index (χ0n) is 7.14. The van der Waals surface area contributed by atoms with Gasteiger partial charge in [-0.1, -0.05) is 0 Å². The van der Waals surface area contributed by atoms with E-state index in [2.05, 4.69) is 9.97 Å². The molecule has 2 heterocycles. The molecule has 3 N–H and O–H groups in total. The maximum absolute atomic E-state index is 10.6. The van der Waals surface area contributed by atoms with Crippen molar-refractivity contribution in [3.05, 3.63) is 30.0 Å². The molecule has 14 heavy (non-hydrogen) atoms. The predicted octanol–water partition coefficient (Wildman–Crippen LogP) is 0.910. The van der Waals surface area contributed by atoms with Gasteiger partial charge >= 0.3 is 5.97 Å². The molecule has 0 bridgehead atoms. The Morgan fingerprint density at radius 2 is 1.93 bits per heavy atom. The highest BCUT2D eigenvalue weighted by atomic mass is 16.4. The van der Waals surface area contributed by atoms with E-state index < -0.39 is 5.97 Å². The number of aromatic carboxylic acids is 1. The summed E-state index contributed by atoms with van der Waals surface area (Å²) >= 11 is 0. The van der Waals surface area contributed by atoms with Gasteiger partial charge < -0.3 is 10.8 Å². The van der Waals surface area contributed by atoms with Crippen molar-refractivity contribution >= 4 is 22.8 Å². The van der Waals surface area contributed by atoms with Crippen molar-refractivity contribution in [2.75, 3.05) is 5.73 Å². The lowest BCUT2D eigenvalue weighted by Gasteiger charge is -1.98. The number of carboxylic acids is 1. The Bertz CT molecular complexity index is 510. The number of nitrogens with zero attached hydrogens (tertiary/aromatic N) is 2. The van der Waals surface area contributed by atoms with Gasteiger partial charge in [0.1, 0.15) is 5.82 Å². The third-order valence-electron chi connectivity index (χ3n) is 1.79. The Balaban J connectivity index is 2.69. The molecule has 0 amide bonds. The van der Waals surface area contributed by atoms with Crippen LogP contribution in [0.1, 0.15) is 10.5 Å². The van der Waals surface area contributed by atoms with Crippen molar-refractivity contribution in [3.63, 3.8) is 0 Å². The van der Waals surface area contributed by atoms with E-state index in [0.717, 1.165) is 5.39 Å². The highest BCUT2D eigenvalue weighted by Crippen LogP contribution is 2.11. The van der Waals surface area contributed by atoms with E-state index in [-0.39, 0.29) is 5.69 Å². The summed E-state index contributed by atoms with van der Waals surface area (Å²) in [7, 11) is 0. The van der Waals surface area contributed by atoms with Gasteiger partial charge in [-0.2, -0.15) is 0 Å². The number of aromatic nitrogens is 2. The van der Waals surface area contributed by atoms with E-state index in [4.69, 9.17) is 10.8 Å². The van der Waals surface area contributed by atoms with E-state index >= 15 is 0 Å². The van der Waals surface area contributed by atoms with Gasteiger partial charge in [0.25, 0.3) is 0 Å². The fraction of sp³-hybridized carbons (Fsp3) is 0. The molecule has 0 aromatic carbocycles. The van der Waals surface area contributed by atoms with Crippen LogP contribution < -0.4 is 5.73 Å². The Kier molecular flexibility index (Phi) is 1.78. The molecule has 2 aromatic heterocycles. The molecule has 5 heteroatoms. The summed E-state index contributed by atoms with van der Waals surface area (Å²) in [5.74, 6) is -0.747. The van der Waals surface area contributed by atoms with Crippen molar-refractivity contribution in [1.82, 2.24) is 9.97 Å². The zero-order valence-corrected chi connectivity index (χ0v) is 7.14. The molecule has 0 aliphatic rings. The Morgan fingerprint density at radius 3 is 2.64 bits per heavy atom. The van der Waals surface area contributed by atoms with Gasteiger partial charge in [0.05, 0.1) is 0 Å². The lowest BCUT2D eigenvalue weighted by molar-refractivity contribution is 0.0691. The third kappa shape index (κ3) is 1.35. The molecule has 0 saturated heterocycles. The lowest BCUT2D eigenvalue weighted by Crippen LogP contribution is -2.01. The molecular formula is C9H7N3O2. The van der Waals surface area contributed by atoms with Crippen LogP contribution in [-0.4, -0.2) is 21.0 Å². The standard InChI is InChI=1S/C9H7N3O2/c10-7-4-2-5-1-3-6(9(13)14)11-8(5)12-7/h1-4H,(H,13,14)(H2,10,11,12). The second kappa shape index (κ2) is 2.95. The molecule has 0 atom stereocenters. The normalized spacial score (nSPS) is 10.3. The topological polar surface area (TPSA) is 89.1 Å². The minimum atomic E-state index is -1.07. The molecule has 2 rings (SSSR count). The fourth-order valence-corrected chi connectivity index (χ4v) is 1.13. The number of carbonyl (C=O) groups is 1. The van der Waals surface area contributed by atoms with Crippen LogP contribution in [0.3, 0.4) is 0 Å². The average molecular weight is 189 g/mol. The number of pyridine rings is 2. The maximum Gasteiger partial charge on any atom is 0.354 e. The first-order valence-electron chi connectivity index (χ1n) is 3.93. The predicted molar refractivity (Wildman–Crippen MR) is 50.9 cm³/mol. The minimum absolute atomic E-state index is 0.0319. The fourth-order valence-electron chi connectivity index (χ4n) is 1.13. The van der Waals surface area contributed by atoms with Gasteiger partial charge in [0, 0.05) is 5.39 Å². The third-order valence-corrected chi connectivity index (χ3v) is 1.79. The van der Waals surface area contributed by atoms with Crippen molar-refractivity contribution in [3.8, 4) is 0 Å². The number of hydrogen-bond donors (Lipinski definition) is 2. The summed E-state index contributed by atoms with van der Waals surface area (Å²) in [6.45, 7) is 0. The van der Waals surface area contributed by atoms with E-state index in [1.54, 1.807) is 18.2 Å². The van der Waals surface area contributed by atoms with Gasteiger partial charge in [-0.05, 0) is 24.3 Å². The smallest absolute Gasteiger partial charge is 0.354 e. The van der Waals surface area contributed by atoms with Gasteiger partial charge in [-0.3, -0.25) is 0 Å². The first-order chi connectivity index (χ1) is 6.66. The van der Waals surface area contributed by atoms with Crippen LogP contribution in [0.25, 0.3) is 11.0 Å². The molecule has 0 aliphatic heterocycles. The van der Waals surface area contributed by atoms with Crippen LogP contribution in [0.5, 0.6) is 0 Å². The van der Waals surface area contributed by atoms with Crippen LogP contribution in [0.4, 0.5) is 5.82 Å². The molecule has 0 aliphatic carbocycles. The summed E-state index contributed by atoms with van der Waals surface area (Å²) in [6, 6.07) is 6.47. The van der Waals surface area contributed by atoms with Gasteiger partial charge in [-0.15, -0.1) is 0 Å². The number of hydrogen-bond acceptors (Lipinski definition) is 4. The molecular weight excluding hydrogens is 182 g/mol. The molecule has 70 valence electrons. The van der Waals surface area contributed by atoms with Gasteiger partial charge in [0.2, 0.25) is 0 Å². The zero-order chi connectivity index (χ0) is 10.1. The van der Waals surface area contributed by atoms with Crippen molar-refractivity contribution < 1.29 is 9.90 Å². The second-order valence-electron chi connectivity index (χ2n) is 2.78. The van der Waals surface area contributed by atoms with Crippen LogP contribution in [0, 0.1) is 0 Å². The van der Waals surface area contributed by atoms with Crippen LogP contribution in [0.2, 0.25) is 0 Å². The highest BCUT2D eigenvalue weighted by Gasteiger charge is 2.05. The SMILES string of the molecule is Nc1ccc2ccc(C(=O)O)nc2n1. The number of carboxylic acid groups (broad SMARTS) is 1. The van der Waals surface area contributed by atoms with E-state index in [9.17, 15) is 4.79 Å². The number of rotatable bonds is 1. The number of anilines is 1. The van der Waals surface area contributed by atoms with Crippen molar-refractivity contribution in [2.24, 2.45) is 0 Å². The molecule has 0 radical (unpaired) electrons. The summed E-state index contributed by atoms with van der Waals surface area (Å²) in [4.78, 5) is 18.4. The first kappa shape index (κ1) is 8.43. The molecule has 0 fully saturated rings. The molecule has 5 nitrogen and oxygen atoms in total. The molecule has 0 spiro atoms. The number of nitrogen functional groups attached to an aromatic ring is 1. The van der Waals surface area contributed by atoms with E-state index in [0.29, 0.717) is 11.5 Å².